The summed E-state index contributed by atoms with van der Waals surface area (Å²) in [6, 6.07) is 0.0394. The number of nitrogens with zero attached hydrogens (tertiary/aromatic N) is 1. The first-order valence-corrected chi connectivity index (χ1v) is 7.55. The van der Waals surface area contributed by atoms with Crippen LogP contribution in [0.15, 0.2) is 4.60 Å². The van der Waals surface area contributed by atoms with Gasteiger partial charge >= 0.3 is 0 Å². The molecule has 0 unspecified atom stereocenters. The molecule has 20 heavy (non-hydrogen) atoms. The number of carbonyl (C=O) groups is 1. The Morgan fingerprint density at radius 3 is 2.90 bits per heavy atom. The predicted octanol–water partition coefficient (Wildman–Crippen LogP) is 1.91. The minimum atomic E-state index is -0.459. The maximum Gasteiger partial charge on any atom is 0.254 e. The van der Waals surface area contributed by atoms with E-state index in [1.807, 2.05) is 0 Å². The van der Waals surface area contributed by atoms with Gasteiger partial charge < -0.3 is 16.4 Å². The van der Waals surface area contributed by atoms with Crippen LogP contribution in [-0.4, -0.2) is 23.0 Å². The molecule has 7 heteroatoms. The topological polar surface area (TPSA) is 80.0 Å². The van der Waals surface area contributed by atoms with Crippen LogP contribution in [-0.2, 0) is 6.54 Å². The lowest BCUT2D eigenvalue weighted by molar-refractivity contribution is 0.0965. The maximum absolute atomic E-state index is 14.4. The molecule has 108 valence electrons. The quantitative estimate of drug-likeness (QED) is 0.717. The van der Waals surface area contributed by atoms with Crippen molar-refractivity contribution in [2.75, 3.05) is 5.32 Å². The van der Waals surface area contributed by atoms with Gasteiger partial charge in [0.05, 0.1) is 5.56 Å². The van der Waals surface area contributed by atoms with Crippen molar-refractivity contribution in [3.63, 3.8) is 0 Å². The van der Waals surface area contributed by atoms with Gasteiger partial charge in [0.25, 0.3) is 5.91 Å². The zero-order valence-electron chi connectivity index (χ0n) is 10.9. The molecule has 0 aromatic carbocycles. The summed E-state index contributed by atoms with van der Waals surface area (Å²) in [7, 11) is 0. The van der Waals surface area contributed by atoms with Crippen LogP contribution in [0.2, 0.25) is 0 Å². The van der Waals surface area contributed by atoms with Crippen molar-refractivity contribution in [2.45, 2.75) is 44.3 Å². The fourth-order valence-electron chi connectivity index (χ4n) is 2.84. The number of aromatic nitrogens is 1. The Hall–Kier alpha value is -1.21. The van der Waals surface area contributed by atoms with Gasteiger partial charge in [0.1, 0.15) is 4.60 Å². The minimum Gasteiger partial charge on any atom is -0.363 e. The van der Waals surface area contributed by atoms with Gasteiger partial charge in [0.15, 0.2) is 11.6 Å². The highest BCUT2D eigenvalue weighted by Crippen LogP contribution is 2.31. The van der Waals surface area contributed by atoms with E-state index in [1.54, 1.807) is 0 Å². The molecule has 0 radical (unpaired) electrons. The van der Waals surface area contributed by atoms with Crippen molar-refractivity contribution >= 4 is 27.7 Å². The number of halogens is 2. The highest BCUT2D eigenvalue weighted by atomic mass is 79.9. The largest absolute Gasteiger partial charge is 0.363 e. The smallest absolute Gasteiger partial charge is 0.254 e. The van der Waals surface area contributed by atoms with Crippen LogP contribution >= 0.6 is 15.9 Å². The molecule has 2 aliphatic rings. The van der Waals surface area contributed by atoms with Crippen LogP contribution < -0.4 is 16.4 Å². The van der Waals surface area contributed by atoms with E-state index in [9.17, 15) is 9.18 Å². The van der Waals surface area contributed by atoms with E-state index in [1.165, 1.54) is 0 Å². The number of nitrogens with one attached hydrogen (secondary N) is 2. The van der Waals surface area contributed by atoms with Crippen LogP contribution in [0.1, 0.15) is 41.6 Å². The van der Waals surface area contributed by atoms with Gasteiger partial charge in [-0.15, -0.1) is 0 Å². The number of nitrogens with two attached hydrogens (primary N) is 1. The number of anilines is 1. The monoisotopic (exact) mass is 342 g/mol. The normalized spacial score (nSPS) is 25.2. The highest BCUT2D eigenvalue weighted by Gasteiger charge is 2.30. The summed E-state index contributed by atoms with van der Waals surface area (Å²) in [4.78, 5) is 15.7. The molecular weight excluding hydrogens is 327 g/mol. The summed E-state index contributed by atoms with van der Waals surface area (Å²) in [5, 5.41) is 5.71. The van der Waals surface area contributed by atoms with Gasteiger partial charge in [-0.25, -0.2) is 9.37 Å². The molecule has 1 aliphatic carbocycles. The Balaban J connectivity index is 1.91. The molecule has 0 spiro atoms. The second kappa shape index (κ2) is 5.29. The number of carbonyl (C=O) groups excluding carboxylic acids is 1. The molecular formula is C13H16BrFN4O. The molecule has 3 rings (SSSR count). The van der Waals surface area contributed by atoms with Crippen molar-refractivity contribution in [1.29, 1.82) is 0 Å². The Morgan fingerprint density at radius 2 is 2.15 bits per heavy atom. The van der Waals surface area contributed by atoms with Crippen molar-refractivity contribution < 1.29 is 9.18 Å². The average Bonchev–Trinajstić information content (AvgIpc) is 2.81. The molecule has 1 fully saturated rings. The van der Waals surface area contributed by atoms with E-state index in [2.05, 4.69) is 31.5 Å². The molecule has 1 aromatic heterocycles. The molecule has 0 bridgehead atoms. The highest BCUT2D eigenvalue weighted by molar-refractivity contribution is 9.10. The predicted molar refractivity (Wildman–Crippen MR) is 76.9 cm³/mol. The second-order valence-corrected chi connectivity index (χ2v) is 6.05. The number of hydrogen-bond donors (Lipinski definition) is 3. The summed E-state index contributed by atoms with van der Waals surface area (Å²) in [5.74, 6) is -0.576. The number of hydrogen-bond acceptors (Lipinski definition) is 4. The molecule has 1 saturated carbocycles. The molecule has 1 amide bonds. The Kier molecular flexibility index (Phi) is 3.64. The van der Waals surface area contributed by atoms with E-state index < -0.39 is 5.82 Å². The second-order valence-electron chi connectivity index (χ2n) is 5.30. The van der Waals surface area contributed by atoms with Gasteiger partial charge in [-0.3, -0.25) is 4.79 Å². The number of rotatable bonds is 2. The fraction of sp³-hybridized carbons (Fsp3) is 0.538. The van der Waals surface area contributed by atoms with E-state index in [0.717, 1.165) is 25.7 Å². The third kappa shape index (κ3) is 2.29. The van der Waals surface area contributed by atoms with Gasteiger partial charge in [-0.2, -0.15) is 0 Å². The Morgan fingerprint density at radius 1 is 1.40 bits per heavy atom. The van der Waals surface area contributed by atoms with E-state index in [0.29, 0.717) is 15.7 Å². The van der Waals surface area contributed by atoms with Crippen LogP contribution in [0.25, 0.3) is 0 Å². The van der Waals surface area contributed by atoms with Crippen LogP contribution in [0.5, 0.6) is 0 Å². The van der Waals surface area contributed by atoms with Crippen LogP contribution in [0.3, 0.4) is 0 Å². The van der Waals surface area contributed by atoms with Crippen molar-refractivity contribution in [2.24, 2.45) is 5.73 Å². The Labute approximate surface area is 124 Å². The van der Waals surface area contributed by atoms with Gasteiger partial charge in [0.2, 0.25) is 0 Å². The van der Waals surface area contributed by atoms with Crippen LogP contribution in [0.4, 0.5) is 10.2 Å². The summed E-state index contributed by atoms with van der Waals surface area (Å²) in [6.45, 7) is 0.201. The third-order valence-electron chi connectivity index (χ3n) is 3.99. The summed E-state index contributed by atoms with van der Waals surface area (Å²) < 4.78 is 14.8. The number of fused-ring (bicyclic) bond motifs is 1. The van der Waals surface area contributed by atoms with E-state index in [4.69, 9.17) is 5.73 Å². The molecule has 2 atom stereocenters. The number of amides is 1. The molecule has 1 aromatic rings. The zero-order valence-corrected chi connectivity index (χ0v) is 12.5. The van der Waals surface area contributed by atoms with Crippen molar-refractivity contribution in [3.05, 3.63) is 21.5 Å². The summed E-state index contributed by atoms with van der Waals surface area (Å²) in [6.07, 6.45) is 4.04. The molecule has 2 heterocycles. The standard InChI is InChI=1S/C13H16BrFN4O/c14-11-9-6(5-17-13(9)20)10(15)12(19-11)18-8-4-2-1-3-7(8)16/h7-8H,1-5,16H2,(H,17,20)(H,18,19)/t7-,8+/m0/s1. The SMILES string of the molecule is N[C@H]1CCCC[C@H]1Nc1nc(Br)c2c(c1F)CNC2=O. The van der Waals surface area contributed by atoms with Crippen molar-refractivity contribution in [1.82, 2.24) is 10.3 Å². The maximum atomic E-state index is 14.4. The lowest BCUT2D eigenvalue weighted by atomic mass is 9.91. The Bertz CT molecular complexity index is 566. The molecule has 5 nitrogen and oxygen atoms in total. The first-order valence-electron chi connectivity index (χ1n) is 6.76. The minimum absolute atomic E-state index is 0.0109. The van der Waals surface area contributed by atoms with E-state index in [-0.39, 0.29) is 30.4 Å². The fourth-order valence-corrected chi connectivity index (χ4v) is 3.44. The lowest BCUT2D eigenvalue weighted by Gasteiger charge is -2.30. The first kappa shape index (κ1) is 13.8. The van der Waals surface area contributed by atoms with Gasteiger partial charge in [-0.05, 0) is 28.8 Å². The lowest BCUT2D eigenvalue weighted by Crippen LogP contribution is -2.43. The van der Waals surface area contributed by atoms with Crippen LogP contribution in [0, 0.1) is 5.82 Å². The summed E-state index contributed by atoms with van der Waals surface area (Å²) >= 11 is 3.24. The van der Waals surface area contributed by atoms with Gasteiger partial charge in [-0.1, -0.05) is 12.8 Å². The first-order chi connectivity index (χ1) is 9.58. The average molecular weight is 343 g/mol. The zero-order chi connectivity index (χ0) is 14.3. The molecule has 4 N–H and O–H groups in total. The van der Waals surface area contributed by atoms with Gasteiger partial charge in [0, 0.05) is 24.2 Å². The summed E-state index contributed by atoms with van der Waals surface area (Å²) in [5.41, 5.74) is 6.72. The third-order valence-corrected chi connectivity index (χ3v) is 4.56. The number of pyridine rings is 1. The molecule has 0 saturated heterocycles. The molecule has 1 aliphatic heterocycles. The van der Waals surface area contributed by atoms with Crippen molar-refractivity contribution in [3.8, 4) is 0 Å². The van der Waals surface area contributed by atoms with E-state index >= 15 is 0 Å².